The Labute approximate surface area is 731 Å². The molecule has 0 aliphatic rings. The lowest BCUT2D eigenvalue weighted by Gasteiger charge is -2.13. The summed E-state index contributed by atoms with van der Waals surface area (Å²) in [6.45, 7) is 43.0. The Balaban J connectivity index is 0.000000663. The van der Waals surface area contributed by atoms with Crippen LogP contribution in [0.15, 0.2) is 196 Å². The Kier molecular flexibility index (Phi) is 44.4. The van der Waals surface area contributed by atoms with Crippen molar-refractivity contribution in [2.45, 2.75) is 258 Å². The van der Waals surface area contributed by atoms with Gasteiger partial charge < -0.3 is 14.4 Å². The normalized spacial score (nSPS) is 10.6. The number of para-hydroxylation sites is 3. The van der Waals surface area contributed by atoms with Gasteiger partial charge in [0.15, 0.2) is 11.3 Å². The maximum Gasteiger partial charge on any atom is 0.170 e. The summed E-state index contributed by atoms with van der Waals surface area (Å²) in [5.41, 5.74) is 13.6. The van der Waals surface area contributed by atoms with Gasteiger partial charge in [0.05, 0.1) is 112 Å². The average molecular weight is 1710 g/mol. The van der Waals surface area contributed by atoms with Crippen molar-refractivity contribution in [1.29, 1.82) is 0 Å². The molecule has 19 nitrogen and oxygen atoms in total. The first-order valence-electron chi connectivity index (χ1n) is 37.2. The molecule has 0 spiro atoms. The summed E-state index contributed by atoms with van der Waals surface area (Å²) in [7, 11) is 0. The highest BCUT2D eigenvalue weighted by atomic mass is 32.1. The number of nitrogens with one attached hydrogen (secondary N) is 2. The van der Waals surface area contributed by atoms with E-state index < -0.39 is 0 Å². The van der Waals surface area contributed by atoms with E-state index in [4.69, 9.17) is 0 Å². The third kappa shape index (κ3) is 30.0. The van der Waals surface area contributed by atoms with Crippen molar-refractivity contribution in [3.63, 3.8) is 0 Å². The van der Waals surface area contributed by atoms with Crippen molar-refractivity contribution < 1.29 is 0 Å². The lowest BCUT2D eigenvalue weighted by molar-refractivity contribution is 0.554. The maximum absolute atomic E-state index is 4.53. The van der Waals surface area contributed by atoms with Gasteiger partial charge in [0.1, 0.15) is 27.6 Å². The summed E-state index contributed by atoms with van der Waals surface area (Å²) in [6.07, 6.45) is 22.3. The molecule has 0 aliphatic carbocycles. The number of benzene rings is 2. The first-order chi connectivity index (χ1) is 52.5. The van der Waals surface area contributed by atoms with E-state index in [0.717, 1.165) is 88.9 Å². The van der Waals surface area contributed by atoms with E-state index in [9.17, 15) is 0 Å². The van der Waals surface area contributed by atoms with Crippen molar-refractivity contribution in [3.8, 4) is 0 Å². The molecule has 18 rings (SSSR count). The second-order valence-electron chi connectivity index (χ2n) is 30.4. The van der Waals surface area contributed by atoms with Crippen LogP contribution >= 0.6 is 56.7 Å². The van der Waals surface area contributed by atoms with Crippen LogP contribution < -0.4 is 0 Å². The van der Waals surface area contributed by atoms with Gasteiger partial charge in [-0.2, -0.15) is 5.10 Å². The fourth-order valence-electron chi connectivity index (χ4n) is 10.2. The monoisotopic (exact) mass is 1700 g/mol. The van der Waals surface area contributed by atoms with E-state index >= 15 is 0 Å². The molecule has 0 fully saturated rings. The van der Waals surface area contributed by atoms with Crippen LogP contribution in [0.3, 0.4) is 0 Å². The van der Waals surface area contributed by atoms with Crippen LogP contribution in [0.1, 0.15) is 295 Å². The second kappa shape index (κ2) is 49.4. The fraction of sp³-hybridized carbons (Fsp3) is 0.400. The minimum Gasteiger partial charge on any atom is -0.342 e. The van der Waals surface area contributed by atoms with E-state index in [-0.39, 0.29) is 77.7 Å². The van der Waals surface area contributed by atoms with Crippen LogP contribution in [-0.4, -0.2) is 93.8 Å². The lowest BCUT2D eigenvalue weighted by Crippen LogP contribution is -2.12. The molecule has 0 unspecified atom stereocenters. The number of imidazole rings is 4. The molecule has 0 aliphatic heterocycles. The number of pyridine rings is 6. The Bertz CT molecular complexity index is 4700. The third-order valence-corrected chi connectivity index (χ3v) is 23.0. The van der Waals surface area contributed by atoms with Gasteiger partial charge in [0.25, 0.3) is 0 Å². The van der Waals surface area contributed by atoms with Crippen LogP contribution in [0.5, 0.6) is 0 Å². The molecule has 2 N–H and O–H groups in total. The highest BCUT2D eigenvalue weighted by Gasteiger charge is 2.20. The summed E-state index contributed by atoms with van der Waals surface area (Å²) < 4.78 is 8.74. The molecule has 0 saturated carbocycles. The third-order valence-electron chi connectivity index (χ3n) is 16.5. The summed E-state index contributed by atoms with van der Waals surface area (Å²) >= 11 is 8.70. The number of aromatic nitrogens is 19. The van der Waals surface area contributed by atoms with Gasteiger partial charge in [-0.05, 0) is 103 Å². The summed E-state index contributed by atoms with van der Waals surface area (Å²) in [5, 5.41) is 10.1. The fourth-order valence-corrected chi connectivity index (χ4v) is 14.9. The number of nitrogens with zero attached hydrogens (tertiary/aromatic N) is 17. The molecule has 24 heteroatoms. The maximum atomic E-state index is 4.53. The number of thiazole rings is 5. The number of hydrogen-bond donors (Lipinski definition) is 2. The molecule has 0 amide bonds. The number of rotatable bonds is 7. The Morgan fingerprint density at radius 2 is 0.731 bits per heavy atom. The van der Waals surface area contributed by atoms with Gasteiger partial charge in [-0.1, -0.05) is 247 Å². The minimum absolute atomic E-state index is 0. The molecule has 0 bridgehead atoms. The number of fused-ring (bicyclic) bond motifs is 9. The molecule has 18 aromatic rings. The minimum atomic E-state index is 0. The lowest BCUT2D eigenvalue weighted by atomic mass is 9.96. The number of hydrogen-bond acceptors (Lipinski definition) is 20. The Morgan fingerprint density at radius 3 is 1.27 bits per heavy atom. The van der Waals surface area contributed by atoms with Gasteiger partial charge in [-0.15, -0.1) is 45.3 Å². The van der Waals surface area contributed by atoms with Crippen molar-refractivity contribution in [2.24, 2.45) is 0 Å². The quantitative estimate of drug-likeness (QED) is 0.151. The zero-order valence-electron chi connectivity index (χ0n) is 66.7. The van der Waals surface area contributed by atoms with Crippen LogP contribution in [0.25, 0.3) is 84.7 Å². The standard InChI is InChI=1S/C11H14N2.C10H13N3.C10H12N2.C10H11NS.C9H11N3.4C9H10N2S.9CH4/c1-11(2,3)10-12-8-6-4-5-7-9(8)13-10;1-10(2,3)9-12-7-4-5-11-6-8(7)13-9;1-8(2)9-7-12-6-4-3-5-10(12)11-9;1-7(2)10-11-8-5-3-4-6-9(8)12-10;1-7(2)8-6-12-9(11-8)4-3-5-10-12;1-6(2)9-11-7-5-10-4-3-8(7)12-9;1-6(2)9-11-7-3-4-10-5-8(7)12-9;1-6(2)9-11-8-7(12-9)4-3-5-10-8;1-6(2)8-11-7-4-3-5-10-9(7)12-8;;;;;;;;;/h4-7H,1-3H3,(H,12,13);4-6H,1-3H3,(H,12,13);3-8H,1-2H3;2*3-7H,1-2H3;4*3-6H,1-2H3;9*1H4. The molecule has 119 heavy (non-hydrogen) atoms. The zero-order chi connectivity index (χ0) is 78.8. The smallest absolute Gasteiger partial charge is 0.170 e. The molecule has 2 aromatic carbocycles. The molecule has 642 valence electrons. The van der Waals surface area contributed by atoms with Crippen molar-refractivity contribution >= 4 is 141 Å². The largest absolute Gasteiger partial charge is 0.342 e. The van der Waals surface area contributed by atoms with Crippen LogP contribution in [0.2, 0.25) is 0 Å². The summed E-state index contributed by atoms with van der Waals surface area (Å²) in [6, 6.07) is 40.1. The molecule has 16 heterocycles. The van der Waals surface area contributed by atoms with Crippen molar-refractivity contribution in [1.82, 2.24) is 93.8 Å². The summed E-state index contributed by atoms with van der Waals surface area (Å²) in [5.74, 6) is 5.61. The van der Waals surface area contributed by atoms with Crippen molar-refractivity contribution in [2.75, 3.05) is 0 Å². The molecular formula is C95H137N19S5. The van der Waals surface area contributed by atoms with Crippen molar-refractivity contribution in [3.05, 3.63) is 244 Å². The predicted octanol–water partition coefficient (Wildman–Crippen LogP) is 29.8. The van der Waals surface area contributed by atoms with Gasteiger partial charge in [0.2, 0.25) is 0 Å². The average Bonchev–Trinajstić information content (AvgIpc) is 1.67. The zero-order valence-corrected chi connectivity index (χ0v) is 70.7. The van der Waals surface area contributed by atoms with E-state index in [1.54, 1.807) is 92.2 Å². The molecule has 16 aromatic heterocycles. The first kappa shape index (κ1) is 107. The van der Waals surface area contributed by atoms with E-state index in [0.29, 0.717) is 41.4 Å². The van der Waals surface area contributed by atoms with Gasteiger partial charge in [-0.3, -0.25) is 15.0 Å². The molecular weight excluding hydrogens is 1570 g/mol. The summed E-state index contributed by atoms with van der Waals surface area (Å²) in [4.78, 5) is 68.5. The SMILES string of the molecule is C.C.C.C.C.C.C.C.C.CC(C)(C)c1nc2ccccc2[nH]1.CC(C)(C)c1nc2ccncc2[nH]1.CC(C)c1cn2ccccc2n1.CC(C)c1cn2ncccc2n1.CC(C)c1nc2ccccc2s1.CC(C)c1nc2cccnc2s1.CC(C)c1nc2ccncc2s1.CC(C)c1nc2cnccc2s1.CC(C)c1nc2ncccc2s1. The van der Waals surface area contributed by atoms with E-state index in [1.165, 1.54) is 43.8 Å². The second-order valence-corrected chi connectivity index (χ2v) is 35.6. The number of H-pyrrole nitrogens is 2. The van der Waals surface area contributed by atoms with E-state index in [1.807, 2.05) is 128 Å². The van der Waals surface area contributed by atoms with Gasteiger partial charge >= 0.3 is 0 Å². The molecule has 0 saturated heterocycles. The van der Waals surface area contributed by atoms with Gasteiger partial charge in [0, 0.05) is 96.2 Å². The highest BCUT2D eigenvalue weighted by Crippen LogP contribution is 2.31. The van der Waals surface area contributed by atoms with E-state index in [2.05, 4.69) is 264 Å². The topological polar surface area (TPSA) is 234 Å². The number of aromatic amines is 2. The van der Waals surface area contributed by atoms with Crippen LogP contribution in [-0.2, 0) is 10.8 Å². The van der Waals surface area contributed by atoms with Gasteiger partial charge in [-0.25, -0.2) is 59.3 Å². The highest BCUT2D eigenvalue weighted by molar-refractivity contribution is 7.19. The predicted molar refractivity (Wildman–Crippen MR) is 524 cm³/mol. The Morgan fingerprint density at radius 1 is 0.311 bits per heavy atom. The molecule has 0 atom stereocenters. The van der Waals surface area contributed by atoms with Crippen LogP contribution in [0.4, 0.5) is 0 Å². The first-order valence-corrected chi connectivity index (χ1v) is 41.3. The molecule has 0 radical (unpaired) electrons. The van der Waals surface area contributed by atoms with Crippen LogP contribution in [0, 0.1) is 0 Å². The Hall–Kier alpha value is -10.1.